The van der Waals surface area contributed by atoms with Crippen molar-refractivity contribution in [1.82, 2.24) is 19.3 Å². The Labute approximate surface area is 114 Å². The second kappa shape index (κ2) is 4.31. The number of hydrogen-bond donors (Lipinski definition) is 1. The fourth-order valence-corrected chi connectivity index (χ4v) is 2.54. The number of H-pyrrole nitrogens is 1. The van der Waals surface area contributed by atoms with E-state index in [4.69, 9.17) is 12.2 Å². The van der Waals surface area contributed by atoms with Crippen LogP contribution in [0.25, 0.3) is 11.0 Å². The van der Waals surface area contributed by atoms with E-state index in [2.05, 4.69) is 10.1 Å². The van der Waals surface area contributed by atoms with Crippen molar-refractivity contribution in [1.29, 1.82) is 0 Å². The van der Waals surface area contributed by atoms with Crippen molar-refractivity contribution < 1.29 is 4.39 Å². The Morgan fingerprint density at radius 1 is 1.42 bits per heavy atom. The molecule has 98 valence electrons. The third-order valence-corrected chi connectivity index (χ3v) is 3.50. The Hall–Kier alpha value is -1.95. The molecule has 0 saturated carbocycles. The number of rotatable bonds is 2. The molecule has 1 N–H and O–H groups in total. The molecule has 0 radical (unpaired) electrons. The highest BCUT2D eigenvalue weighted by molar-refractivity contribution is 7.71. The van der Waals surface area contributed by atoms with Gasteiger partial charge < -0.3 is 9.55 Å². The first-order valence-corrected chi connectivity index (χ1v) is 6.32. The van der Waals surface area contributed by atoms with Crippen LogP contribution in [0.4, 0.5) is 4.39 Å². The quantitative estimate of drug-likeness (QED) is 0.731. The van der Waals surface area contributed by atoms with Crippen molar-refractivity contribution in [2.75, 3.05) is 0 Å². The zero-order valence-electron chi connectivity index (χ0n) is 10.6. The molecule has 0 spiro atoms. The van der Waals surface area contributed by atoms with Crippen LogP contribution in [0.2, 0.25) is 0 Å². The van der Waals surface area contributed by atoms with Gasteiger partial charge in [-0.2, -0.15) is 5.10 Å². The Kier molecular flexibility index (Phi) is 2.74. The van der Waals surface area contributed by atoms with Crippen molar-refractivity contribution in [2.24, 2.45) is 7.05 Å². The summed E-state index contributed by atoms with van der Waals surface area (Å²) in [6, 6.07) is 4.64. The molecule has 0 aliphatic heterocycles. The van der Waals surface area contributed by atoms with Gasteiger partial charge in [0.2, 0.25) is 0 Å². The fraction of sp³-hybridized carbons (Fsp3) is 0.231. The predicted molar refractivity (Wildman–Crippen MR) is 74.1 cm³/mol. The van der Waals surface area contributed by atoms with Gasteiger partial charge in [0.05, 0.1) is 23.3 Å². The normalized spacial score (nSPS) is 11.3. The summed E-state index contributed by atoms with van der Waals surface area (Å²) in [5.41, 5.74) is 3.69. The molecule has 0 bridgehead atoms. The van der Waals surface area contributed by atoms with Crippen LogP contribution in [-0.2, 0) is 13.6 Å². The number of halogens is 1. The average molecular weight is 276 g/mol. The fourth-order valence-electron chi connectivity index (χ4n) is 2.27. The third-order valence-electron chi connectivity index (χ3n) is 3.18. The molecule has 0 amide bonds. The standard InChI is InChI=1S/C13H13FN4S/c1-8-9(6-17(2)16-8)7-18-12-4-3-10(14)5-11(12)15-13(18)19/h3-6H,7H2,1-2H3,(H,15,19). The first-order chi connectivity index (χ1) is 9.04. The van der Waals surface area contributed by atoms with Crippen LogP contribution in [0.1, 0.15) is 11.3 Å². The first-order valence-electron chi connectivity index (χ1n) is 5.92. The molecule has 2 aromatic heterocycles. The molecule has 0 fully saturated rings. The van der Waals surface area contributed by atoms with E-state index in [0.717, 1.165) is 16.8 Å². The Balaban J connectivity index is 2.13. The molecule has 1 aromatic carbocycles. The zero-order valence-corrected chi connectivity index (χ0v) is 11.5. The van der Waals surface area contributed by atoms with Gasteiger partial charge >= 0.3 is 0 Å². The van der Waals surface area contributed by atoms with E-state index in [0.29, 0.717) is 16.8 Å². The van der Waals surface area contributed by atoms with Crippen molar-refractivity contribution in [3.05, 3.63) is 46.2 Å². The highest BCUT2D eigenvalue weighted by Crippen LogP contribution is 2.18. The van der Waals surface area contributed by atoms with E-state index in [9.17, 15) is 4.39 Å². The number of nitrogens with zero attached hydrogens (tertiary/aromatic N) is 3. The Morgan fingerprint density at radius 2 is 2.21 bits per heavy atom. The summed E-state index contributed by atoms with van der Waals surface area (Å²) in [7, 11) is 1.89. The van der Waals surface area contributed by atoms with Gasteiger partial charge in [-0.15, -0.1) is 0 Å². The van der Waals surface area contributed by atoms with Crippen molar-refractivity contribution in [3.8, 4) is 0 Å². The SMILES string of the molecule is Cc1nn(C)cc1Cn1c(=S)[nH]c2cc(F)ccc21. The zero-order chi connectivity index (χ0) is 13.6. The van der Waals surface area contributed by atoms with Crippen molar-refractivity contribution in [2.45, 2.75) is 13.5 Å². The third kappa shape index (κ3) is 2.08. The van der Waals surface area contributed by atoms with Crippen LogP contribution in [-0.4, -0.2) is 19.3 Å². The van der Waals surface area contributed by atoms with Crippen LogP contribution < -0.4 is 0 Å². The molecule has 0 saturated heterocycles. The van der Waals surface area contributed by atoms with Gasteiger partial charge in [0, 0.05) is 18.8 Å². The molecular formula is C13H13FN4S. The Bertz CT molecular complexity index is 812. The lowest BCUT2D eigenvalue weighted by Gasteiger charge is -2.03. The summed E-state index contributed by atoms with van der Waals surface area (Å²) in [5.74, 6) is -0.270. The topological polar surface area (TPSA) is 38.5 Å². The molecule has 3 aromatic rings. The molecule has 0 unspecified atom stereocenters. The van der Waals surface area contributed by atoms with E-state index < -0.39 is 0 Å². The van der Waals surface area contributed by atoms with Crippen LogP contribution in [0.5, 0.6) is 0 Å². The number of hydrogen-bond acceptors (Lipinski definition) is 2. The number of aromatic nitrogens is 4. The minimum absolute atomic E-state index is 0.270. The van der Waals surface area contributed by atoms with Gasteiger partial charge in [0.1, 0.15) is 5.82 Å². The number of benzene rings is 1. The maximum absolute atomic E-state index is 13.2. The van der Waals surface area contributed by atoms with E-state index >= 15 is 0 Å². The van der Waals surface area contributed by atoms with E-state index in [1.807, 2.05) is 24.7 Å². The minimum atomic E-state index is -0.270. The summed E-state index contributed by atoms with van der Waals surface area (Å²) in [6.45, 7) is 2.59. The van der Waals surface area contributed by atoms with Crippen molar-refractivity contribution >= 4 is 23.3 Å². The van der Waals surface area contributed by atoms with E-state index in [1.165, 1.54) is 12.1 Å². The summed E-state index contributed by atoms with van der Waals surface area (Å²) >= 11 is 5.30. The summed E-state index contributed by atoms with van der Waals surface area (Å²) < 4.78 is 17.5. The number of aryl methyl sites for hydroxylation is 2. The molecule has 0 aliphatic carbocycles. The molecule has 4 nitrogen and oxygen atoms in total. The second-order valence-corrected chi connectivity index (χ2v) is 4.98. The molecule has 19 heavy (non-hydrogen) atoms. The molecule has 2 heterocycles. The molecule has 6 heteroatoms. The van der Waals surface area contributed by atoms with Gasteiger partial charge in [-0.1, -0.05) is 0 Å². The van der Waals surface area contributed by atoms with Gasteiger partial charge in [-0.05, 0) is 37.3 Å². The monoisotopic (exact) mass is 276 g/mol. The summed E-state index contributed by atoms with van der Waals surface area (Å²) in [5, 5.41) is 4.31. The largest absolute Gasteiger partial charge is 0.330 e. The Morgan fingerprint density at radius 3 is 2.89 bits per heavy atom. The lowest BCUT2D eigenvalue weighted by molar-refractivity contribution is 0.629. The molecule has 3 rings (SSSR count). The number of fused-ring (bicyclic) bond motifs is 1. The highest BCUT2D eigenvalue weighted by atomic mass is 32.1. The smallest absolute Gasteiger partial charge is 0.178 e. The van der Waals surface area contributed by atoms with Crippen LogP contribution in [0.3, 0.4) is 0 Å². The number of nitrogens with one attached hydrogen (secondary N) is 1. The maximum Gasteiger partial charge on any atom is 0.178 e. The molecule has 0 aliphatic rings. The van der Waals surface area contributed by atoms with Gasteiger partial charge in [-0.3, -0.25) is 4.68 Å². The molecule has 0 atom stereocenters. The lowest BCUT2D eigenvalue weighted by Crippen LogP contribution is -2.00. The van der Waals surface area contributed by atoms with Crippen molar-refractivity contribution in [3.63, 3.8) is 0 Å². The average Bonchev–Trinajstić information content (AvgIpc) is 2.80. The number of imidazole rings is 1. The number of aromatic amines is 1. The maximum atomic E-state index is 13.2. The minimum Gasteiger partial charge on any atom is -0.330 e. The van der Waals surface area contributed by atoms with Crippen LogP contribution in [0, 0.1) is 17.5 Å². The van der Waals surface area contributed by atoms with E-state index in [1.54, 1.807) is 10.7 Å². The predicted octanol–water partition coefficient (Wildman–Crippen LogP) is 2.93. The second-order valence-electron chi connectivity index (χ2n) is 4.59. The van der Waals surface area contributed by atoms with Crippen LogP contribution >= 0.6 is 12.2 Å². The highest BCUT2D eigenvalue weighted by Gasteiger charge is 2.09. The van der Waals surface area contributed by atoms with Gasteiger partial charge in [0.25, 0.3) is 0 Å². The summed E-state index contributed by atoms with van der Waals surface area (Å²) in [4.78, 5) is 3.02. The van der Waals surface area contributed by atoms with Gasteiger partial charge in [-0.25, -0.2) is 4.39 Å². The van der Waals surface area contributed by atoms with Crippen LogP contribution in [0.15, 0.2) is 24.4 Å². The summed E-state index contributed by atoms with van der Waals surface area (Å²) in [6.07, 6.45) is 1.97. The lowest BCUT2D eigenvalue weighted by atomic mass is 10.2. The van der Waals surface area contributed by atoms with Gasteiger partial charge in [0.15, 0.2) is 4.77 Å². The van der Waals surface area contributed by atoms with E-state index in [-0.39, 0.29) is 5.82 Å². The first kappa shape index (κ1) is 12.1. The molecular weight excluding hydrogens is 263 g/mol.